The zero-order valence-corrected chi connectivity index (χ0v) is 15.9. The van der Waals surface area contributed by atoms with E-state index in [1.807, 2.05) is 37.3 Å². The van der Waals surface area contributed by atoms with Crippen LogP contribution in [0.1, 0.15) is 6.92 Å². The van der Waals surface area contributed by atoms with Crippen molar-refractivity contribution in [2.24, 2.45) is 0 Å². The van der Waals surface area contributed by atoms with Crippen molar-refractivity contribution in [2.75, 3.05) is 11.9 Å². The van der Waals surface area contributed by atoms with E-state index in [0.29, 0.717) is 29.0 Å². The van der Waals surface area contributed by atoms with Crippen LogP contribution < -0.4 is 15.6 Å². The van der Waals surface area contributed by atoms with Gasteiger partial charge in [-0.3, -0.25) is 14.3 Å². The number of nitrogens with one attached hydrogen (secondary N) is 1. The highest BCUT2D eigenvalue weighted by Gasteiger charge is 2.17. The Bertz CT molecular complexity index is 1190. The first-order valence-corrected chi connectivity index (χ1v) is 9.32. The number of rotatable bonds is 6. The number of amides is 1. The summed E-state index contributed by atoms with van der Waals surface area (Å²) >= 11 is 0. The lowest BCUT2D eigenvalue weighted by atomic mass is 10.3. The van der Waals surface area contributed by atoms with E-state index in [1.165, 1.54) is 4.68 Å². The van der Waals surface area contributed by atoms with Crippen molar-refractivity contribution in [2.45, 2.75) is 13.5 Å². The third-order valence-electron chi connectivity index (χ3n) is 4.44. The molecular weight excluding hydrogens is 368 g/mol. The van der Waals surface area contributed by atoms with Gasteiger partial charge in [0.05, 0.1) is 17.7 Å². The monoisotopic (exact) mass is 388 g/mol. The lowest BCUT2D eigenvalue weighted by Crippen LogP contribution is -2.27. The molecule has 0 saturated heterocycles. The Labute approximate surface area is 167 Å². The number of fused-ring (bicyclic) bond motifs is 1. The molecule has 2 aromatic carbocycles. The van der Waals surface area contributed by atoms with E-state index in [0.717, 1.165) is 5.75 Å². The van der Waals surface area contributed by atoms with E-state index in [4.69, 9.17) is 4.74 Å². The third kappa shape index (κ3) is 3.75. The van der Waals surface area contributed by atoms with Crippen LogP contribution >= 0.6 is 0 Å². The van der Waals surface area contributed by atoms with Gasteiger partial charge in [-0.05, 0) is 55.5 Å². The molecule has 0 aliphatic rings. The molecule has 0 fully saturated rings. The number of nitrogens with zero attached hydrogens (tertiary/aromatic N) is 3. The maximum absolute atomic E-state index is 12.9. The number of benzene rings is 2. The average Bonchev–Trinajstić information content (AvgIpc) is 3.02. The molecule has 0 atom stereocenters. The summed E-state index contributed by atoms with van der Waals surface area (Å²) in [6.07, 6.45) is 1.61. The number of carbonyl (C=O) groups excluding carboxylic acids is 1. The van der Waals surface area contributed by atoms with Crippen molar-refractivity contribution < 1.29 is 9.53 Å². The van der Waals surface area contributed by atoms with Crippen molar-refractivity contribution in [3.63, 3.8) is 0 Å². The molecular formula is C22H20N4O3. The number of pyridine rings is 1. The third-order valence-corrected chi connectivity index (χ3v) is 4.44. The molecule has 1 N–H and O–H groups in total. The van der Waals surface area contributed by atoms with Crippen LogP contribution in [0.2, 0.25) is 0 Å². The smallest absolute Gasteiger partial charge is 0.280 e. The van der Waals surface area contributed by atoms with E-state index in [9.17, 15) is 9.59 Å². The Balaban J connectivity index is 1.66. The molecule has 2 aromatic heterocycles. The summed E-state index contributed by atoms with van der Waals surface area (Å²) < 4.78 is 8.49. The number of aromatic nitrogens is 3. The first-order valence-electron chi connectivity index (χ1n) is 9.32. The van der Waals surface area contributed by atoms with E-state index in [2.05, 4.69) is 10.3 Å². The molecule has 0 spiro atoms. The van der Waals surface area contributed by atoms with Gasteiger partial charge < -0.3 is 10.1 Å². The van der Waals surface area contributed by atoms with E-state index < -0.39 is 0 Å². The highest BCUT2D eigenvalue weighted by Crippen LogP contribution is 2.17. The van der Waals surface area contributed by atoms with Crippen LogP contribution in [0.3, 0.4) is 0 Å². The maximum atomic E-state index is 12.9. The summed E-state index contributed by atoms with van der Waals surface area (Å²) in [5.41, 5.74) is 1.57. The molecule has 4 rings (SSSR count). The largest absolute Gasteiger partial charge is 0.494 e. The number of hydrogen-bond donors (Lipinski definition) is 1. The van der Waals surface area contributed by atoms with E-state index >= 15 is 0 Å². The summed E-state index contributed by atoms with van der Waals surface area (Å²) in [7, 11) is 0. The van der Waals surface area contributed by atoms with Crippen LogP contribution in [0.25, 0.3) is 16.7 Å². The standard InChI is InChI=1S/C22H20N4O3/c1-2-29-18-12-10-16(11-13-18)24-20(27)15-25-21-19(9-6-14-23-21)22(28)26(25)17-7-4-3-5-8-17/h3-14H,2,15H2,1H3,(H,24,27). The van der Waals surface area contributed by atoms with Crippen molar-refractivity contribution in [1.29, 1.82) is 0 Å². The van der Waals surface area contributed by atoms with Gasteiger partial charge in [0.25, 0.3) is 5.56 Å². The molecule has 7 heteroatoms. The highest BCUT2D eigenvalue weighted by atomic mass is 16.5. The van der Waals surface area contributed by atoms with Gasteiger partial charge in [0.1, 0.15) is 12.3 Å². The van der Waals surface area contributed by atoms with Gasteiger partial charge >= 0.3 is 0 Å². The first kappa shape index (κ1) is 18.5. The molecule has 146 valence electrons. The fraction of sp³-hybridized carbons (Fsp3) is 0.136. The van der Waals surface area contributed by atoms with Crippen molar-refractivity contribution in [3.05, 3.63) is 83.3 Å². The summed E-state index contributed by atoms with van der Waals surface area (Å²) in [4.78, 5) is 30.0. The first-order chi connectivity index (χ1) is 14.2. The Morgan fingerprint density at radius 2 is 1.79 bits per heavy atom. The molecule has 29 heavy (non-hydrogen) atoms. The highest BCUT2D eigenvalue weighted by molar-refractivity contribution is 5.91. The molecule has 0 aliphatic carbocycles. The zero-order chi connectivity index (χ0) is 20.2. The zero-order valence-electron chi connectivity index (χ0n) is 15.9. The van der Waals surface area contributed by atoms with Crippen LogP contribution in [0.15, 0.2) is 77.7 Å². The molecule has 0 bridgehead atoms. The van der Waals surface area contributed by atoms with Gasteiger partial charge in [-0.25, -0.2) is 9.67 Å². The van der Waals surface area contributed by atoms with Gasteiger partial charge in [-0.2, -0.15) is 0 Å². The molecule has 0 aliphatic heterocycles. The predicted octanol–water partition coefficient (Wildman–Crippen LogP) is 3.22. The summed E-state index contributed by atoms with van der Waals surface area (Å²) in [5.74, 6) is 0.477. The van der Waals surface area contributed by atoms with E-state index in [1.54, 1.807) is 47.3 Å². The second-order valence-electron chi connectivity index (χ2n) is 6.39. The van der Waals surface area contributed by atoms with Crippen molar-refractivity contribution in [1.82, 2.24) is 14.3 Å². The Morgan fingerprint density at radius 3 is 2.52 bits per heavy atom. The molecule has 1 amide bonds. The quantitative estimate of drug-likeness (QED) is 0.550. The maximum Gasteiger partial charge on any atom is 0.280 e. The van der Waals surface area contributed by atoms with Crippen molar-refractivity contribution >= 4 is 22.6 Å². The lowest BCUT2D eigenvalue weighted by molar-refractivity contribution is -0.116. The second-order valence-corrected chi connectivity index (χ2v) is 6.39. The van der Waals surface area contributed by atoms with Gasteiger partial charge in [0, 0.05) is 11.9 Å². The SMILES string of the molecule is CCOc1ccc(NC(=O)Cn2c3ncccc3c(=O)n2-c2ccccc2)cc1. The van der Waals surface area contributed by atoms with Crippen LogP contribution in [-0.2, 0) is 11.3 Å². The molecule has 7 nitrogen and oxygen atoms in total. The minimum atomic E-state index is -0.263. The number of para-hydroxylation sites is 1. The van der Waals surface area contributed by atoms with Gasteiger partial charge in [0.2, 0.25) is 5.91 Å². The normalized spacial score (nSPS) is 10.8. The van der Waals surface area contributed by atoms with Crippen LogP contribution in [-0.4, -0.2) is 26.9 Å². The number of ether oxygens (including phenoxy) is 1. The topological polar surface area (TPSA) is 78.2 Å². The van der Waals surface area contributed by atoms with Crippen LogP contribution in [0.4, 0.5) is 5.69 Å². The lowest BCUT2D eigenvalue weighted by Gasteiger charge is -2.13. The molecule has 4 aromatic rings. The van der Waals surface area contributed by atoms with Gasteiger partial charge in [0.15, 0.2) is 5.65 Å². The average molecular weight is 388 g/mol. The number of anilines is 1. The van der Waals surface area contributed by atoms with Gasteiger partial charge in [-0.1, -0.05) is 18.2 Å². The van der Waals surface area contributed by atoms with E-state index in [-0.39, 0.29) is 18.0 Å². The fourth-order valence-corrected chi connectivity index (χ4v) is 3.20. The minimum Gasteiger partial charge on any atom is -0.494 e. The summed E-state index contributed by atoms with van der Waals surface area (Å²) in [6.45, 7) is 2.44. The molecule has 0 unspecified atom stereocenters. The Kier molecular flexibility index (Phi) is 5.11. The minimum absolute atomic E-state index is 0.0577. The summed E-state index contributed by atoms with van der Waals surface area (Å²) in [5, 5.41) is 3.32. The summed E-state index contributed by atoms with van der Waals surface area (Å²) in [6, 6.07) is 19.8. The van der Waals surface area contributed by atoms with Crippen molar-refractivity contribution in [3.8, 4) is 11.4 Å². The van der Waals surface area contributed by atoms with Gasteiger partial charge in [-0.15, -0.1) is 0 Å². The molecule has 0 radical (unpaired) electrons. The van der Waals surface area contributed by atoms with Crippen LogP contribution in [0.5, 0.6) is 5.75 Å². The molecule has 0 saturated carbocycles. The van der Waals surface area contributed by atoms with Crippen LogP contribution in [0, 0.1) is 0 Å². The fourth-order valence-electron chi connectivity index (χ4n) is 3.20. The number of hydrogen-bond acceptors (Lipinski definition) is 4. The second kappa shape index (κ2) is 8.02. The Morgan fingerprint density at radius 1 is 1.03 bits per heavy atom. The Hall–Kier alpha value is -3.87. The number of carbonyl (C=O) groups is 1. The molecule has 2 heterocycles. The predicted molar refractivity (Wildman–Crippen MR) is 112 cm³/mol.